The molecule has 0 radical (unpaired) electrons. The largest absolute Gasteiger partial charge is 0.475 e. The number of carbonyl (C=O) groups is 2. The van der Waals surface area contributed by atoms with Crippen LogP contribution < -0.4 is 14.4 Å². The fourth-order valence-corrected chi connectivity index (χ4v) is 1.92. The number of fused-ring (bicyclic) bond motifs is 1. The Labute approximate surface area is 110 Å². The molecule has 0 bridgehead atoms. The van der Waals surface area contributed by atoms with E-state index in [-0.39, 0.29) is 5.97 Å². The fourth-order valence-electron chi connectivity index (χ4n) is 1.92. The molecule has 0 aromatic heterocycles. The van der Waals surface area contributed by atoms with Crippen molar-refractivity contribution in [3.63, 3.8) is 0 Å². The lowest BCUT2D eigenvalue weighted by Gasteiger charge is -2.32. The first-order valence-corrected chi connectivity index (χ1v) is 5.79. The van der Waals surface area contributed by atoms with Gasteiger partial charge in [0.1, 0.15) is 11.5 Å². The highest BCUT2D eigenvalue weighted by Gasteiger charge is 2.30. The van der Waals surface area contributed by atoms with E-state index >= 15 is 0 Å². The second-order valence-electron chi connectivity index (χ2n) is 4.23. The molecule has 1 aromatic rings. The van der Waals surface area contributed by atoms with Crippen molar-refractivity contribution in [1.29, 1.82) is 0 Å². The maximum Gasteiger partial charge on any atom is 0.348 e. The topological polar surface area (TPSA) is 65.1 Å². The van der Waals surface area contributed by atoms with Crippen LogP contribution in [0, 0.1) is 0 Å². The third-order valence-corrected chi connectivity index (χ3v) is 2.78. The lowest BCUT2D eigenvalue weighted by molar-refractivity contribution is -0.148. The summed E-state index contributed by atoms with van der Waals surface area (Å²) in [5, 5.41) is 0. The van der Waals surface area contributed by atoms with E-state index in [4.69, 9.17) is 9.47 Å². The monoisotopic (exact) mass is 265 g/mol. The standard InChI is InChI=1S/C13H15NO5/c1-8(15)18-9-4-5-11-10(6-9)14(2)7-12(19-11)13(16)17-3/h4-6,12H,7H2,1-3H3. The maximum absolute atomic E-state index is 11.5. The Hall–Kier alpha value is -2.24. The van der Waals surface area contributed by atoms with Gasteiger partial charge in [0.05, 0.1) is 19.3 Å². The summed E-state index contributed by atoms with van der Waals surface area (Å²) in [6.07, 6.45) is -0.651. The van der Waals surface area contributed by atoms with Gasteiger partial charge in [-0.1, -0.05) is 0 Å². The summed E-state index contributed by atoms with van der Waals surface area (Å²) in [6.45, 7) is 1.72. The quantitative estimate of drug-likeness (QED) is 0.586. The number of benzene rings is 1. The van der Waals surface area contributed by atoms with Gasteiger partial charge in [-0.2, -0.15) is 0 Å². The predicted molar refractivity (Wildman–Crippen MR) is 67.5 cm³/mol. The van der Waals surface area contributed by atoms with E-state index in [2.05, 4.69) is 4.74 Å². The van der Waals surface area contributed by atoms with Crippen LogP contribution in [0.4, 0.5) is 5.69 Å². The van der Waals surface area contributed by atoms with Gasteiger partial charge in [-0.3, -0.25) is 4.79 Å². The Morgan fingerprint density at radius 3 is 2.79 bits per heavy atom. The molecule has 19 heavy (non-hydrogen) atoms. The molecule has 0 fully saturated rings. The summed E-state index contributed by atoms with van der Waals surface area (Å²) in [6, 6.07) is 4.98. The third kappa shape index (κ3) is 2.78. The zero-order chi connectivity index (χ0) is 14.0. The molecule has 6 nitrogen and oxygen atoms in total. The Bertz CT molecular complexity index is 514. The number of rotatable bonds is 2. The van der Waals surface area contributed by atoms with Crippen LogP contribution in [0.5, 0.6) is 11.5 Å². The first-order valence-electron chi connectivity index (χ1n) is 5.79. The van der Waals surface area contributed by atoms with Crippen molar-refractivity contribution in [2.24, 2.45) is 0 Å². The number of ether oxygens (including phenoxy) is 3. The van der Waals surface area contributed by atoms with Gasteiger partial charge < -0.3 is 19.1 Å². The van der Waals surface area contributed by atoms with Gasteiger partial charge in [0.2, 0.25) is 6.10 Å². The van der Waals surface area contributed by atoms with Crippen LogP contribution >= 0.6 is 0 Å². The van der Waals surface area contributed by atoms with E-state index in [0.29, 0.717) is 18.0 Å². The Kier molecular flexibility index (Phi) is 3.59. The molecule has 1 atom stereocenters. The normalized spacial score (nSPS) is 17.2. The minimum atomic E-state index is -0.651. The SMILES string of the molecule is COC(=O)C1CN(C)c2cc(OC(C)=O)ccc2O1. The molecule has 1 aliphatic rings. The number of anilines is 1. The molecule has 0 aliphatic carbocycles. The minimum absolute atomic E-state index is 0.378. The van der Waals surface area contributed by atoms with E-state index < -0.39 is 12.1 Å². The van der Waals surface area contributed by atoms with Crippen LogP contribution in [0.1, 0.15) is 6.92 Å². The maximum atomic E-state index is 11.5. The van der Waals surface area contributed by atoms with Crippen molar-refractivity contribution >= 4 is 17.6 Å². The number of nitrogens with zero attached hydrogens (tertiary/aromatic N) is 1. The highest BCUT2D eigenvalue weighted by molar-refractivity contribution is 5.78. The van der Waals surface area contributed by atoms with Gasteiger partial charge >= 0.3 is 11.9 Å². The van der Waals surface area contributed by atoms with Crippen molar-refractivity contribution in [1.82, 2.24) is 0 Å². The summed E-state index contributed by atoms with van der Waals surface area (Å²) in [4.78, 5) is 24.3. The van der Waals surface area contributed by atoms with Crippen LogP contribution in [0.3, 0.4) is 0 Å². The molecule has 1 aromatic carbocycles. The first-order chi connectivity index (χ1) is 9.01. The van der Waals surface area contributed by atoms with Gasteiger partial charge in [-0.25, -0.2) is 4.79 Å². The number of esters is 2. The van der Waals surface area contributed by atoms with Crippen LogP contribution in [-0.2, 0) is 14.3 Å². The Morgan fingerprint density at radius 2 is 2.16 bits per heavy atom. The molecular formula is C13H15NO5. The molecule has 0 N–H and O–H groups in total. The molecule has 2 rings (SSSR count). The molecule has 0 saturated heterocycles. The highest BCUT2D eigenvalue weighted by atomic mass is 16.6. The lowest BCUT2D eigenvalue weighted by Crippen LogP contribution is -2.43. The average molecular weight is 265 g/mol. The van der Waals surface area contributed by atoms with Gasteiger partial charge in [0.25, 0.3) is 0 Å². The average Bonchev–Trinajstić information content (AvgIpc) is 2.37. The number of hydrogen-bond acceptors (Lipinski definition) is 6. The molecule has 1 aliphatic heterocycles. The summed E-state index contributed by atoms with van der Waals surface area (Å²) in [5.74, 6) is 0.201. The second-order valence-corrected chi connectivity index (χ2v) is 4.23. The molecule has 1 heterocycles. The smallest absolute Gasteiger partial charge is 0.348 e. The lowest BCUT2D eigenvalue weighted by atomic mass is 10.2. The van der Waals surface area contributed by atoms with Crippen molar-refractivity contribution < 1.29 is 23.8 Å². The molecule has 1 unspecified atom stereocenters. The van der Waals surface area contributed by atoms with Crippen molar-refractivity contribution in [3.05, 3.63) is 18.2 Å². The van der Waals surface area contributed by atoms with Crippen molar-refractivity contribution in [2.75, 3.05) is 25.6 Å². The van der Waals surface area contributed by atoms with E-state index in [0.717, 1.165) is 5.69 Å². The Morgan fingerprint density at radius 1 is 1.42 bits per heavy atom. The molecule has 0 spiro atoms. The van der Waals surface area contributed by atoms with E-state index in [9.17, 15) is 9.59 Å². The van der Waals surface area contributed by atoms with Gasteiger partial charge in [-0.05, 0) is 12.1 Å². The number of likely N-dealkylation sites (N-methyl/N-ethyl adjacent to an activating group) is 1. The van der Waals surface area contributed by atoms with Crippen LogP contribution in [0.15, 0.2) is 18.2 Å². The highest BCUT2D eigenvalue weighted by Crippen LogP contribution is 2.35. The van der Waals surface area contributed by atoms with Crippen molar-refractivity contribution in [3.8, 4) is 11.5 Å². The third-order valence-electron chi connectivity index (χ3n) is 2.78. The fraction of sp³-hybridized carbons (Fsp3) is 0.385. The first kappa shape index (κ1) is 13.2. The molecule has 0 amide bonds. The molecule has 6 heteroatoms. The van der Waals surface area contributed by atoms with Gasteiger partial charge in [0.15, 0.2) is 0 Å². The van der Waals surface area contributed by atoms with E-state index in [1.54, 1.807) is 18.2 Å². The zero-order valence-electron chi connectivity index (χ0n) is 11.0. The predicted octanol–water partition coefficient (Wildman–Crippen LogP) is 0.982. The minimum Gasteiger partial charge on any atom is -0.475 e. The van der Waals surface area contributed by atoms with Crippen molar-refractivity contribution in [2.45, 2.75) is 13.0 Å². The number of hydrogen-bond donors (Lipinski definition) is 0. The second kappa shape index (κ2) is 5.17. The molecular weight excluding hydrogens is 250 g/mol. The van der Waals surface area contributed by atoms with Crippen LogP contribution in [-0.4, -0.2) is 38.7 Å². The van der Waals surface area contributed by atoms with E-state index in [1.807, 2.05) is 11.9 Å². The summed E-state index contributed by atoms with van der Waals surface area (Å²) in [7, 11) is 3.15. The van der Waals surface area contributed by atoms with E-state index in [1.165, 1.54) is 14.0 Å². The summed E-state index contributed by atoms with van der Waals surface area (Å²) < 4.78 is 15.2. The van der Waals surface area contributed by atoms with Gasteiger partial charge in [0, 0.05) is 20.0 Å². The molecule has 102 valence electrons. The molecule has 0 saturated carbocycles. The van der Waals surface area contributed by atoms with Gasteiger partial charge in [-0.15, -0.1) is 0 Å². The summed E-state index contributed by atoms with van der Waals surface area (Å²) in [5.41, 5.74) is 0.763. The summed E-state index contributed by atoms with van der Waals surface area (Å²) >= 11 is 0. The number of carbonyl (C=O) groups excluding carboxylic acids is 2. The Balaban J connectivity index is 2.25. The van der Waals surface area contributed by atoms with Crippen LogP contribution in [0.2, 0.25) is 0 Å². The van der Waals surface area contributed by atoms with Crippen LogP contribution in [0.25, 0.3) is 0 Å². The zero-order valence-corrected chi connectivity index (χ0v) is 11.0. The number of methoxy groups -OCH3 is 1.